The molecule has 1 aromatic heterocycles. The molecule has 0 saturated heterocycles. The van der Waals surface area contributed by atoms with Crippen LogP contribution in [0.4, 0.5) is 8.78 Å². The Bertz CT molecular complexity index is 482. The number of hydrogen-bond donors (Lipinski definition) is 1. The van der Waals surface area contributed by atoms with Crippen molar-refractivity contribution in [1.82, 2.24) is 5.32 Å². The van der Waals surface area contributed by atoms with Crippen LogP contribution in [0.15, 0.2) is 35.0 Å². The Morgan fingerprint density at radius 1 is 1.24 bits per heavy atom. The van der Waals surface area contributed by atoms with Crippen LogP contribution in [0.1, 0.15) is 17.2 Å². The van der Waals surface area contributed by atoms with Gasteiger partial charge in [-0.1, -0.05) is 6.07 Å². The summed E-state index contributed by atoms with van der Waals surface area (Å²) < 4.78 is 26.0. The standard InChI is InChI=1S/C13H13F2NS/c1-16-13(6-9-4-5-17-8-9)10-2-3-11(14)12(15)7-10/h2-5,7-8,13,16H,6H2,1H3. The minimum absolute atomic E-state index is 0.000278. The highest BCUT2D eigenvalue weighted by atomic mass is 32.1. The number of hydrogen-bond acceptors (Lipinski definition) is 2. The Balaban J connectivity index is 2.20. The molecule has 0 bridgehead atoms. The Kier molecular flexibility index (Phi) is 3.86. The first-order valence-electron chi connectivity index (χ1n) is 5.34. The lowest BCUT2D eigenvalue weighted by molar-refractivity contribution is 0.501. The number of rotatable bonds is 4. The van der Waals surface area contributed by atoms with Gasteiger partial charge in [0.15, 0.2) is 11.6 Å². The summed E-state index contributed by atoms with van der Waals surface area (Å²) in [4.78, 5) is 0. The molecule has 1 nitrogen and oxygen atoms in total. The molecule has 0 aliphatic heterocycles. The molecule has 17 heavy (non-hydrogen) atoms. The van der Waals surface area contributed by atoms with Gasteiger partial charge in [-0.2, -0.15) is 11.3 Å². The quantitative estimate of drug-likeness (QED) is 0.879. The van der Waals surface area contributed by atoms with Gasteiger partial charge in [0.1, 0.15) is 0 Å². The van der Waals surface area contributed by atoms with E-state index in [1.54, 1.807) is 17.4 Å². The van der Waals surface area contributed by atoms with E-state index in [0.29, 0.717) is 0 Å². The van der Waals surface area contributed by atoms with E-state index in [9.17, 15) is 8.78 Å². The van der Waals surface area contributed by atoms with Gasteiger partial charge in [-0.05, 0) is 53.6 Å². The fourth-order valence-corrected chi connectivity index (χ4v) is 2.44. The van der Waals surface area contributed by atoms with Gasteiger partial charge < -0.3 is 5.32 Å². The second kappa shape index (κ2) is 5.38. The zero-order valence-electron chi connectivity index (χ0n) is 9.41. The summed E-state index contributed by atoms with van der Waals surface area (Å²) in [7, 11) is 1.82. The Labute approximate surface area is 103 Å². The number of likely N-dealkylation sites (N-methyl/N-ethyl adjacent to an activating group) is 1. The highest BCUT2D eigenvalue weighted by molar-refractivity contribution is 7.07. The molecule has 1 atom stereocenters. The fourth-order valence-electron chi connectivity index (χ4n) is 1.76. The highest BCUT2D eigenvalue weighted by Gasteiger charge is 2.12. The molecule has 1 N–H and O–H groups in total. The molecule has 1 heterocycles. The molecule has 1 aromatic carbocycles. The first kappa shape index (κ1) is 12.2. The van der Waals surface area contributed by atoms with Crippen molar-refractivity contribution in [3.05, 3.63) is 57.8 Å². The van der Waals surface area contributed by atoms with Crippen LogP contribution in [0.25, 0.3) is 0 Å². The first-order chi connectivity index (χ1) is 8.20. The molecular weight excluding hydrogens is 240 g/mol. The van der Waals surface area contributed by atoms with Gasteiger partial charge in [-0.25, -0.2) is 8.78 Å². The molecule has 2 aromatic rings. The minimum Gasteiger partial charge on any atom is -0.313 e. The van der Waals surface area contributed by atoms with Crippen molar-refractivity contribution in [2.24, 2.45) is 0 Å². The Hall–Kier alpha value is -1.26. The SMILES string of the molecule is CNC(Cc1ccsc1)c1ccc(F)c(F)c1. The van der Waals surface area contributed by atoms with Gasteiger partial charge in [-0.3, -0.25) is 0 Å². The summed E-state index contributed by atoms with van der Waals surface area (Å²) in [6.07, 6.45) is 0.769. The number of benzene rings is 1. The van der Waals surface area contributed by atoms with Gasteiger partial charge in [0.05, 0.1) is 0 Å². The van der Waals surface area contributed by atoms with Crippen molar-refractivity contribution in [2.45, 2.75) is 12.5 Å². The summed E-state index contributed by atoms with van der Waals surface area (Å²) in [6.45, 7) is 0. The van der Waals surface area contributed by atoms with Crippen LogP contribution in [0, 0.1) is 11.6 Å². The van der Waals surface area contributed by atoms with Crippen molar-refractivity contribution >= 4 is 11.3 Å². The molecule has 0 aliphatic rings. The average Bonchev–Trinajstić information content (AvgIpc) is 2.82. The number of nitrogens with one attached hydrogen (secondary N) is 1. The third-order valence-corrected chi connectivity index (χ3v) is 3.45. The maximum absolute atomic E-state index is 13.2. The van der Waals surface area contributed by atoms with Crippen LogP contribution in [0.3, 0.4) is 0 Å². The smallest absolute Gasteiger partial charge is 0.159 e. The third kappa shape index (κ3) is 2.90. The fraction of sp³-hybridized carbons (Fsp3) is 0.231. The van der Waals surface area contributed by atoms with Gasteiger partial charge >= 0.3 is 0 Å². The van der Waals surface area contributed by atoms with Crippen LogP contribution >= 0.6 is 11.3 Å². The van der Waals surface area contributed by atoms with E-state index in [1.165, 1.54) is 17.7 Å². The van der Waals surface area contributed by atoms with Crippen LogP contribution in [-0.2, 0) is 6.42 Å². The molecule has 0 fully saturated rings. The molecular formula is C13H13F2NS. The van der Waals surface area contributed by atoms with Crippen LogP contribution in [0.2, 0.25) is 0 Å². The normalized spacial score (nSPS) is 12.6. The lowest BCUT2D eigenvalue weighted by Crippen LogP contribution is -2.18. The van der Waals surface area contributed by atoms with E-state index >= 15 is 0 Å². The summed E-state index contributed by atoms with van der Waals surface area (Å²) in [6, 6.07) is 6.08. The molecule has 90 valence electrons. The minimum atomic E-state index is -0.806. The molecule has 1 unspecified atom stereocenters. The zero-order chi connectivity index (χ0) is 12.3. The van der Waals surface area contributed by atoms with Gasteiger partial charge in [0.2, 0.25) is 0 Å². The summed E-state index contributed by atoms with van der Waals surface area (Å²) in [5.41, 5.74) is 1.96. The summed E-state index contributed by atoms with van der Waals surface area (Å²) >= 11 is 1.63. The third-order valence-electron chi connectivity index (χ3n) is 2.71. The largest absolute Gasteiger partial charge is 0.313 e. The molecule has 0 aliphatic carbocycles. The van der Waals surface area contributed by atoms with Crippen LogP contribution in [0.5, 0.6) is 0 Å². The monoisotopic (exact) mass is 253 g/mol. The summed E-state index contributed by atoms with van der Waals surface area (Å²) in [5.74, 6) is -1.60. The van der Waals surface area contributed by atoms with Crippen LogP contribution in [-0.4, -0.2) is 7.05 Å². The van der Waals surface area contributed by atoms with Crippen molar-refractivity contribution in [3.63, 3.8) is 0 Å². The second-order valence-electron chi connectivity index (χ2n) is 3.85. The van der Waals surface area contributed by atoms with Crippen molar-refractivity contribution in [3.8, 4) is 0 Å². The summed E-state index contributed by atoms with van der Waals surface area (Å²) in [5, 5.41) is 7.19. The van der Waals surface area contributed by atoms with Crippen molar-refractivity contribution < 1.29 is 8.78 Å². The van der Waals surface area contributed by atoms with Gasteiger partial charge in [-0.15, -0.1) is 0 Å². The molecule has 4 heteroatoms. The Morgan fingerprint density at radius 2 is 2.06 bits per heavy atom. The molecule has 2 rings (SSSR count). The average molecular weight is 253 g/mol. The van der Waals surface area contributed by atoms with E-state index in [2.05, 4.69) is 10.7 Å². The topological polar surface area (TPSA) is 12.0 Å². The second-order valence-corrected chi connectivity index (χ2v) is 4.63. The molecule has 0 spiro atoms. The van der Waals surface area contributed by atoms with Crippen LogP contribution < -0.4 is 5.32 Å². The predicted molar refractivity (Wildman–Crippen MR) is 66.2 cm³/mol. The first-order valence-corrected chi connectivity index (χ1v) is 6.28. The zero-order valence-corrected chi connectivity index (χ0v) is 10.2. The number of halogens is 2. The Morgan fingerprint density at radius 3 is 2.65 bits per heavy atom. The van der Waals surface area contributed by atoms with E-state index < -0.39 is 11.6 Å². The predicted octanol–water partition coefficient (Wildman–Crippen LogP) is 3.53. The number of thiophene rings is 1. The van der Waals surface area contributed by atoms with E-state index in [4.69, 9.17) is 0 Å². The van der Waals surface area contributed by atoms with E-state index in [0.717, 1.165) is 12.0 Å². The van der Waals surface area contributed by atoms with Gasteiger partial charge in [0.25, 0.3) is 0 Å². The molecule has 0 radical (unpaired) electrons. The van der Waals surface area contributed by atoms with Gasteiger partial charge in [0, 0.05) is 6.04 Å². The van der Waals surface area contributed by atoms with E-state index in [-0.39, 0.29) is 6.04 Å². The molecule has 0 saturated carbocycles. The maximum atomic E-state index is 13.2. The maximum Gasteiger partial charge on any atom is 0.159 e. The lowest BCUT2D eigenvalue weighted by Gasteiger charge is -2.16. The highest BCUT2D eigenvalue weighted by Crippen LogP contribution is 2.21. The van der Waals surface area contributed by atoms with Crippen molar-refractivity contribution in [1.29, 1.82) is 0 Å². The van der Waals surface area contributed by atoms with Crippen molar-refractivity contribution in [2.75, 3.05) is 7.05 Å². The van der Waals surface area contributed by atoms with E-state index in [1.807, 2.05) is 18.5 Å². The lowest BCUT2D eigenvalue weighted by atomic mass is 10.0. The molecule has 0 amide bonds.